The zero-order chi connectivity index (χ0) is 18.8. The van der Waals surface area contributed by atoms with Crippen LogP contribution in [0.15, 0.2) is 84.9 Å². The summed E-state index contributed by atoms with van der Waals surface area (Å²) < 4.78 is 2.34. The summed E-state index contributed by atoms with van der Waals surface area (Å²) in [5.74, 6) is 0. The molecule has 0 bridgehead atoms. The molecule has 0 amide bonds. The van der Waals surface area contributed by atoms with Crippen LogP contribution in [-0.4, -0.2) is 21.6 Å². The Morgan fingerprint density at radius 2 is 1.29 bits per heavy atom. The first-order valence-electron chi connectivity index (χ1n) is 9.36. The van der Waals surface area contributed by atoms with Crippen LogP contribution < -0.4 is 5.46 Å². The molecule has 0 radical (unpaired) electrons. The van der Waals surface area contributed by atoms with Gasteiger partial charge in [-0.15, -0.1) is 0 Å². The monoisotopic (exact) mass is 361 g/mol. The van der Waals surface area contributed by atoms with Gasteiger partial charge in [0.15, 0.2) is 0 Å². The molecule has 132 valence electrons. The quantitative estimate of drug-likeness (QED) is 0.455. The van der Waals surface area contributed by atoms with E-state index in [1.54, 1.807) is 6.07 Å². The van der Waals surface area contributed by atoms with Crippen molar-refractivity contribution in [3.8, 4) is 11.1 Å². The third kappa shape index (κ3) is 1.96. The molecule has 0 saturated heterocycles. The number of para-hydroxylation sites is 2. The molecule has 6 aromatic rings. The highest BCUT2D eigenvalue weighted by atomic mass is 16.4. The molecule has 0 aliphatic heterocycles. The Morgan fingerprint density at radius 3 is 2.14 bits per heavy atom. The maximum absolute atomic E-state index is 9.76. The lowest BCUT2D eigenvalue weighted by Gasteiger charge is -2.09. The second kappa shape index (κ2) is 5.58. The Hall–Kier alpha value is -3.34. The summed E-state index contributed by atoms with van der Waals surface area (Å²) in [6.07, 6.45) is 0. The van der Waals surface area contributed by atoms with Crippen molar-refractivity contribution >= 4 is 50.7 Å². The summed E-state index contributed by atoms with van der Waals surface area (Å²) >= 11 is 0. The first-order valence-corrected chi connectivity index (χ1v) is 9.36. The number of fused-ring (bicyclic) bond motifs is 6. The van der Waals surface area contributed by atoms with E-state index in [2.05, 4.69) is 65.1 Å². The summed E-state index contributed by atoms with van der Waals surface area (Å²) in [4.78, 5) is 0. The fourth-order valence-corrected chi connectivity index (χ4v) is 4.59. The minimum atomic E-state index is -1.49. The van der Waals surface area contributed by atoms with Crippen LogP contribution in [0.25, 0.3) is 49.2 Å². The predicted molar refractivity (Wildman–Crippen MR) is 116 cm³/mol. The molecule has 0 spiro atoms. The van der Waals surface area contributed by atoms with Crippen molar-refractivity contribution in [3.05, 3.63) is 84.9 Å². The van der Waals surface area contributed by atoms with E-state index in [9.17, 15) is 10.0 Å². The average molecular weight is 361 g/mol. The van der Waals surface area contributed by atoms with Crippen LogP contribution in [0.2, 0.25) is 0 Å². The fraction of sp³-hybridized carbons (Fsp3) is 0. The molecule has 0 atom stereocenters. The Kier molecular flexibility index (Phi) is 3.13. The molecule has 0 aliphatic carbocycles. The number of rotatable bonds is 2. The highest BCUT2D eigenvalue weighted by molar-refractivity contribution is 6.60. The van der Waals surface area contributed by atoms with Crippen molar-refractivity contribution < 1.29 is 10.0 Å². The van der Waals surface area contributed by atoms with Crippen molar-refractivity contribution in [1.29, 1.82) is 0 Å². The first kappa shape index (κ1) is 15.7. The molecule has 3 nitrogen and oxygen atoms in total. The van der Waals surface area contributed by atoms with E-state index in [-0.39, 0.29) is 0 Å². The number of hydrogen-bond acceptors (Lipinski definition) is 2. The molecule has 0 saturated carbocycles. The lowest BCUT2D eigenvalue weighted by Crippen LogP contribution is -2.31. The highest BCUT2D eigenvalue weighted by Gasteiger charge is 2.19. The van der Waals surface area contributed by atoms with Gasteiger partial charge in [0, 0.05) is 21.5 Å². The first-order chi connectivity index (χ1) is 13.7. The van der Waals surface area contributed by atoms with Gasteiger partial charge in [0.25, 0.3) is 0 Å². The normalized spacial score (nSPS) is 11.9. The molecular weight excluding hydrogens is 345 g/mol. The molecule has 2 heterocycles. The third-order valence-corrected chi connectivity index (χ3v) is 5.77. The standard InChI is InChI=1S/C24H16BNO2/c27-25(28)21-10-3-1-6-16(21)15-12-13-23-20(14-15)19-9-5-8-18-17-7-2-4-11-22(17)26(23)24(18)19/h1-14,27-28H. The SMILES string of the molecule is OB(O)c1ccccc1-c1ccc2c(c1)c1cccc3c4ccccc4n2c31. The molecule has 2 N–H and O–H groups in total. The molecule has 0 fully saturated rings. The zero-order valence-electron chi connectivity index (χ0n) is 15.0. The van der Waals surface area contributed by atoms with Crippen molar-refractivity contribution in [2.75, 3.05) is 0 Å². The smallest absolute Gasteiger partial charge is 0.423 e. The lowest BCUT2D eigenvalue weighted by atomic mass is 9.75. The molecule has 4 heteroatoms. The predicted octanol–water partition coefficient (Wildman–Crippen LogP) is 4.18. The van der Waals surface area contributed by atoms with Crippen LogP contribution in [0.4, 0.5) is 0 Å². The van der Waals surface area contributed by atoms with Gasteiger partial charge in [0.2, 0.25) is 0 Å². The topological polar surface area (TPSA) is 44.9 Å². The van der Waals surface area contributed by atoms with Gasteiger partial charge in [-0.05, 0) is 34.8 Å². The van der Waals surface area contributed by atoms with Gasteiger partial charge in [0.1, 0.15) is 0 Å². The van der Waals surface area contributed by atoms with Gasteiger partial charge in [0.05, 0.1) is 16.6 Å². The highest BCUT2D eigenvalue weighted by Crippen LogP contribution is 2.39. The van der Waals surface area contributed by atoms with E-state index in [4.69, 9.17) is 0 Å². The third-order valence-electron chi connectivity index (χ3n) is 5.77. The van der Waals surface area contributed by atoms with Gasteiger partial charge >= 0.3 is 7.12 Å². The lowest BCUT2D eigenvalue weighted by molar-refractivity contribution is 0.426. The summed E-state index contributed by atoms with van der Waals surface area (Å²) in [5.41, 5.74) is 5.96. The number of aromatic nitrogens is 1. The Labute approximate surface area is 161 Å². The van der Waals surface area contributed by atoms with Gasteiger partial charge in [-0.2, -0.15) is 0 Å². The molecule has 6 rings (SSSR count). The van der Waals surface area contributed by atoms with E-state index >= 15 is 0 Å². The van der Waals surface area contributed by atoms with E-state index in [0.717, 1.165) is 16.6 Å². The largest absolute Gasteiger partial charge is 0.489 e. The van der Waals surface area contributed by atoms with Crippen molar-refractivity contribution in [3.63, 3.8) is 0 Å². The van der Waals surface area contributed by atoms with Crippen LogP contribution in [0.1, 0.15) is 0 Å². The molecule has 0 aliphatic rings. The Bertz CT molecular complexity index is 1500. The van der Waals surface area contributed by atoms with Crippen molar-refractivity contribution in [2.24, 2.45) is 0 Å². The molecular formula is C24H16BNO2. The summed E-state index contributed by atoms with van der Waals surface area (Å²) in [5, 5.41) is 24.4. The number of nitrogens with zero attached hydrogens (tertiary/aromatic N) is 1. The van der Waals surface area contributed by atoms with Crippen molar-refractivity contribution in [2.45, 2.75) is 0 Å². The molecule has 4 aromatic carbocycles. The minimum Gasteiger partial charge on any atom is -0.423 e. The molecule has 28 heavy (non-hydrogen) atoms. The summed E-state index contributed by atoms with van der Waals surface area (Å²) in [6, 6.07) is 28.8. The zero-order valence-corrected chi connectivity index (χ0v) is 15.0. The van der Waals surface area contributed by atoms with Gasteiger partial charge in [-0.25, -0.2) is 0 Å². The van der Waals surface area contributed by atoms with Crippen LogP contribution in [-0.2, 0) is 0 Å². The van der Waals surface area contributed by atoms with Crippen LogP contribution >= 0.6 is 0 Å². The van der Waals surface area contributed by atoms with E-state index < -0.39 is 7.12 Å². The fourth-order valence-electron chi connectivity index (χ4n) is 4.59. The van der Waals surface area contributed by atoms with E-state index in [0.29, 0.717) is 5.46 Å². The summed E-state index contributed by atoms with van der Waals surface area (Å²) in [7, 11) is -1.49. The average Bonchev–Trinajstić information content (AvgIpc) is 3.25. The minimum absolute atomic E-state index is 0.517. The molecule has 0 unspecified atom stereocenters. The van der Waals surface area contributed by atoms with Gasteiger partial charge in [-0.1, -0.05) is 66.7 Å². The van der Waals surface area contributed by atoms with E-state index in [1.165, 1.54) is 32.6 Å². The number of benzene rings is 4. The van der Waals surface area contributed by atoms with Crippen LogP contribution in [0.3, 0.4) is 0 Å². The maximum Gasteiger partial charge on any atom is 0.489 e. The Balaban J connectivity index is 1.74. The second-order valence-electron chi connectivity index (χ2n) is 7.25. The van der Waals surface area contributed by atoms with Crippen LogP contribution in [0.5, 0.6) is 0 Å². The Morgan fingerprint density at radius 1 is 0.607 bits per heavy atom. The maximum atomic E-state index is 9.76. The van der Waals surface area contributed by atoms with Gasteiger partial charge in [-0.3, -0.25) is 0 Å². The summed E-state index contributed by atoms with van der Waals surface area (Å²) in [6.45, 7) is 0. The van der Waals surface area contributed by atoms with E-state index in [1.807, 2.05) is 18.2 Å². The number of hydrogen-bond donors (Lipinski definition) is 2. The second-order valence-corrected chi connectivity index (χ2v) is 7.25. The van der Waals surface area contributed by atoms with Gasteiger partial charge < -0.3 is 14.4 Å². The van der Waals surface area contributed by atoms with Crippen molar-refractivity contribution in [1.82, 2.24) is 4.40 Å². The van der Waals surface area contributed by atoms with Crippen LogP contribution in [0, 0.1) is 0 Å². The molecule has 2 aromatic heterocycles.